The van der Waals surface area contributed by atoms with E-state index in [-0.39, 0.29) is 11.5 Å². The first-order valence-electron chi connectivity index (χ1n) is 10.8. The number of ether oxygens (including phenoxy) is 1. The normalized spacial score (nSPS) is 48.0. The van der Waals surface area contributed by atoms with Crippen molar-refractivity contribution in [2.75, 3.05) is 0 Å². The molecule has 0 heterocycles. The lowest BCUT2D eigenvalue weighted by Crippen LogP contribution is -2.58. The lowest BCUT2D eigenvalue weighted by Gasteiger charge is -2.62. The summed E-state index contributed by atoms with van der Waals surface area (Å²) in [6.07, 6.45) is 18.5. The number of hydrogen-bond acceptors (Lipinski definition) is 2. The van der Waals surface area contributed by atoms with E-state index in [0.29, 0.717) is 23.2 Å². The standard InChI is InChI=1S/C24H36O2/c1-6-16-10-11-18-21-19(12-14-24(16,18)5)23(4)13-8-7-9-17(23)15-20(21)26-22(2,3)25/h1,10,17-21,25H,7-9,11-15H2,2-5H3. The van der Waals surface area contributed by atoms with Gasteiger partial charge in [0, 0.05) is 11.0 Å². The van der Waals surface area contributed by atoms with Crippen molar-refractivity contribution in [3.8, 4) is 12.3 Å². The molecule has 0 spiro atoms. The Labute approximate surface area is 159 Å². The lowest BCUT2D eigenvalue weighted by atomic mass is 9.44. The van der Waals surface area contributed by atoms with Crippen molar-refractivity contribution in [1.82, 2.24) is 0 Å². The summed E-state index contributed by atoms with van der Waals surface area (Å²) in [6.45, 7) is 8.54. The van der Waals surface area contributed by atoms with Crippen molar-refractivity contribution in [1.29, 1.82) is 0 Å². The smallest absolute Gasteiger partial charge is 0.160 e. The van der Waals surface area contributed by atoms with Crippen molar-refractivity contribution < 1.29 is 9.84 Å². The van der Waals surface area contributed by atoms with Crippen LogP contribution in [0.15, 0.2) is 11.6 Å². The minimum Gasteiger partial charge on any atom is -0.366 e. The molecule has 3 saturated carbocycles. The quantitative estimate of drug-likeness (QED) is 0.536. The number of hydrogen-bond donors (Lipinski definition) is 1. The molecule has 3 fully saturated rings. The Kier molecular flexibility index (Phi) is 4.37. The minimum absolute atomic E-state index is 0.134. The molecule has 0 aromatic heterocycles. The molecule has 26 heavy (non-hydrogen) atoms. The van der Waals surface area contributed by atoms with Gasteiger partial charge in [-0.1, -0.05) is 38.7 Å². The molecule has 0 radical (unpaired) electrons. The van der Waals surface area contributed by atoms with E-state index in [1.165, 1.54) is 44.1 Å². The summed E-state index contributed by atoms with van der Waals surface area (Å²) in [5, 5.41) is 10.5. The molecule has 0 amide bonds. The first-order chi connectivity index (χ1) is 12.2. The zero-order chi connectivity index (χ0) is 18.7. The maximum atomic E-state index is 10.5. The Morgan fingerprint density at radius 3 is 2.65 bits per heavy atom. The molecule has 4 aliphatic rings. The predicted molar refractivity (Wildman–Crippen MR) is 105 cm³/mol. The summed E-state index contributed by atoms with van der Waals surface area (Å²) in [7, 11) is 0. The molecule has 2 nitrogen and oxygen atoms in total. The van der Waals surface area contributed by atoms with Crippen LogP contribution in [0, 0.1) is 46.8 Å². The van der Waals surface area contributed by atoms with Gasteiger partial charge in [0.25, 0.3) is 0 Å². The molecule has 144 valence electrons. The molecule has 0 aromatic rings. The molecular weight excluding hydrogens is 320 g/mol. The van der Waals surface area contributed by atoms with E-state index < -0.39 is 5.79 Å². The second-order valence-corrected chi connectivity index (χ2v) is 10.5. The highest BCUT2D eigenvalue weighted by Crippen LogP contribution is 2.66. The van der Waals surface area contributed by atoms with Gasteiger partial charge in [-0.05, 0) is 81.5 Å². The van der Waals surface area contributed by atoms with Crippen molar-refractivity contribution in [3.05, 3.63) is 11.6 Å². The molecule has 7 atom stereocenters. The van der Waals surface area contributed by atoms with Crippen molar-refractivity contribution in [2.45, 2.75) is 91.0 Å². The number of aliphatic hydroxyl groups is 1. The van der Waals surface area contributed by atoms with Crippen LogP contribution in [-0.4, -0.2) is 17.0 Å². The van der Waals surface area contributed by atoms with Gasteiger partial charge in [0.2, 0.25) is 0 Å². The monoisotopic (exact) mass is 356 g/mol. The summed E-state index contributed by atoms with van der Waals surface area (Å²) in [6, 6.07) is 0. The lowest BCUT2D eigenvalue weighted by molar-refractivity contribution is -0.261. The summed E-state index contributed by atoms with van der Waals surface area (Å²) < 4.78 is 6.34. The van der Waals surface area contributed by atoms with Gasteiger partial charge in [0.1, 0.15) is 0 Å². The van der Waals surface area contributed by atoms with E-state index in [9.17, 15) is 5.11 Å². The van der Waals surface area contributed by atoms with Crippen LogP contribution in [-0.2, 0) is 4.74 Å². The van der Waals surface area contributed by atoms with Crippen LogP contribution in [0.3, 0.4) is 0 Å². The SMILES string of the molecule is C#CC1=CCC2C3C(OC(C)(C)O)CC4CCCCC4(C)C3CCC12C. The fourth-order valence-corrected chi connectivity index (χ4v) is 7.52. The molecular formula is C24H36O2. The van der Waals surface area contributed by atoms with E-state index in [0.717, 1.165) is 18.8 Å². The molecule has 0 bridgehead atoms. The second kappa shape index (κ2) is 6.11. The third kappa shape index (κ3) is 2.70. The van der Waals surface area contributed by atoms with Crippen molar-refractivity contribution >= 4 is 0 Å². The summed E-state index contributed by atoms with van der Waals surface area (Å²) in [5.41, 5.74) is 1.80. The fraction of sp³-hybridized carbons (Fsp3) is 0.833. The maximum Gasteiger partial charge on any atom is 0.160 e. The molecule has 4 aliphatic carbocycles. The zero-order valence-electron chi connectivity index (χ0n) is 17.1. The number of rotatable bonds is 2. The summed E-state index contributed by atoms with van der Waals surface area (Å²) in [4.78, 5) is 0. The average Bonchev–Trinajstić information content (AvgIpc) is 2.90. The molecule has 0 aromatic carbocycles. The fourth-order valence-electron chi connectivity index (χ4n) is 7.52. The van der Waals surface area contributed by atoms with E-state index in [1.54, 1.807) is 13.8 Å². The van der Waals surface area contributed by atoms with Crippen LogP contribution >= 0.6 is 0 Å². The second-order valence-electron chi connectivity index (χ2n) is 10.5. The molecule has 0 saturated heterocycles. The predicted octanol–water partition coefficient (Wildman–Crippen LogP) is 5.31. The largest absolute Gasteiger partial charge is 0.366 e. The molecule has 7 unspecified atom stereocenters. The van der Waals surface area contributed by atoms with Crippen LogP contribution in [0.2, 0.25) is 0 Å². The Morgan fingerprint density at radius 2 is 1.96 bits per heavy atom. The van der Waals surface area contributed by atoms with Gasteiger partial charge >= 0.3 is 0 Å². The Balaban J connectivity index is 1.72. The summed E-state index contributed by atoms with van der Waals surface area (Å²) >= 11 is 0. The topological polar surface area (TPSA) is 29.5 Å². The van der Waals surface area contributed by atoms with Gasteiger partial charge in [-0.3, -0.25) is 0 Å². The van der Waals surface area contributed by atoms with Gasteiger partial charge < -0.3 is 9.84 Å². The molecule has 2 heteroatoms. The number of allylic oxidation sites excluding steroid dienone is 2. The van der Waals surface area contributed by atoms with Gasteiger partial charge in [-0.25, -0.2) is 0 Å². The van der Waals surface area contributed by atoms with Gasteiger partial charge in [0.15, 0.2) is 5.79 Å². The highest BCUT2D eigenvalue weighted by Gasteiger charge is 2.61. The van der Waals surface area contributed by atoms with E-state index in [1.807, 2.05) is 0 Å². The van der Waals surface area contributed by atoms with E-state index in [4.69, 9.17) is 11.2 Å². The number of terminal acetylenes is 1. The van der Waals surface area contributed by atoms with E-state index >= 15 is 0 Å². The minimum atomic E-state index is -1.06. The third-order valence-electron chi connectivity index (χ3n) is 8.75. The van der Waals surface area contributed by atoms with Crippen LogP contribution in [0.1, 0.15) is 79.1 Å². The van der Waals surface area contributed by atoms with Gasteiger partial charge in [0.05, 0.1) is 6.10 Å². The third-order valence-corrected chi connectivity index (χ3v) is 8.75. The van der Waals surface area contributed by atoms with Crippen molar-refractivity contribution in [2.24, 2.45) is 34.5 Å². The highest BCUT2D eigenvalue weighted by atomic mass is 16.6. The van der Waals surface area contributed by atoms with E-state index in [2.05, 4.69) is 25.8 Å². The van der Waals surface area contributed by atoms with Crippen LogP contribution in [0.25, 0.3) is 0 Å². The molecule has 0 aliphatic heterocycles. The highest BCUT2D eigenvalue weighted by molar-refractivity contribution is 5.38. The Bertz CT molecular complexity index is 636. The zero-order valence-corrected chi connectivity index (χ0v) is 17.1. The maximum absolute atomic E-state index is 10.5. The first-order valence-corrected chi connectivity index (χ1v) is 10.8. The molecule has 1 N–H and O–H groups in total. The summed E-state index contributed by atoms with van der Waals surface area (Å²) in [5.74, 6) is 4.47. The van der Waals surface area contributed by atoms with Gasteiger partial charge in [-0.2, -0.15) is 0 Å². The van der Waals surface area contributed by atoms with Crippen LogP contribution < -0.4 is 0 Å². The van der Waals surface area contributed by atoms with Crippen molar-refractivity contribution in [3.63, 3.8) is 0 Å². The average molecular weight is 357 g/mol. The van der Waals surface area contributed by atoms with Gasteiger partial charge in [-0.15, -0.1) is 6.42 Å². The first kappa shape index (κ1) is 18.6. The number of fused-ring (bicyclic) bond motifs is 5. The van der Waals surface area contributed by atoms with Crippen LogP contribution in [0.5, 0.6) is 0 Å². The van der Waals surface area contributed by atoms with Crippen LogP contribution in [0.4, 0.5) is 0 Å². The Hall–Kier alpha value is -0.780. The Morgan fingerprint density at radius 1 is 1.19 bits per heavy atom. The molecule has 4 rings (SSSR count).